The van der Waals surface area contributed by atoms with E-state index >= 15 is 0 Å². The van der Waals surface area contributed by atoms with Crippen molar-refractivity contribution in [1.82, 2.24) is 0 Å². The standard InChI is InChI=1S/C13H17BO5/c1-3-4-18-9-5-8(2)13-10(6-9)14(17)19-11(13)7-12(15)16/h5-6,11,17H,3-4,7H2,1-2H3,(H,15,16). The number of carboxylic acid groups (broad SMARTS) is 1. The largest absolute Gasteiger partial charge is 0.494 e. The van der Waals surface area contributed by atoms with Crippen LogP contribution in [0.4, 0.5) is 0 Å². The van der Waals surface area contributed by atoms with Crippen molar-refractivity contribution in [3.63, 3.8) is 0 Å². The minimum absolute atomic E-state index is 0.153. The number of carboxylic acids is 1. The molecule has 6 heteroatoms. The van der Waals surface area contributed by atoms with Gasteiger partial charge >= 0.3 is 13.1 Å². The first-order valence-corrected chi connectivity index (χ1v) is 6.35. The molecule has 1 heterocycles. The van der Waals surface area contributed by atoms with E-state index < -0.39 is 19.2 Å². The van der Waals surface area contributed by atoms with Gasteiger partial charge in [-0.3, -0.25) is 4.79 Å². The average molecular weight is 264 g/mol. The van der Waals surface area contributed by atoms with Gasteiger partial charge in [-0.05, 0) is 42.1 Å². The van der Waals surface area contributed by atoms with Gasteiger partial charge in [-0.1, -0.05) is 6.92 Å². The molecule has 0 spiro atoms. The van der Waals surface area contributed by atoms with E-state index in [0.29, 0.717) is 17.8 Å². The molecule has 102 valence electrons. The number of aliphatic carboxylic acids is 1. The first kappa shape index (κ1) is 13.9. The number of hydrogen-bond acceptors (Lipinski definition) is 4. The smallest absolute Gasteiger partial charge is 0.492 e. The van der Waals surface area contributed by atoms with Gasteiger partial charge in [-0.25, -0.2) is 0 Å². The molecule has 1 aromatic rings. The van der Waals surface area contributed by atoms with Crippen LogP contribution in [0.5, 0.6) is 5.75 Å². The lowest BCUT2D eigenvalue weighted by Gasteiger charge is -2.13. The zero-order valence-corrected chi connectivity index (χ0v) is 11.0. The van der Waals surface area contributed by atoms with Gasteiger partial charge in [0.1, 0.15) is 5.75 Å². The van der Waals surface area contributed by atoms with Crippen LogP contribution in [0.25, 0.3) is 0 Å². The molecular formula is C13H17BO5. The zero-order chi connectivity index (χ0) is 14.0. The fraction of sp³-hybridized carbons (Fsp3) is 0.462. The molecule has 0 amide bonds. The maximum atomic E-state index is 10.8. The van der Waals surface area contributed by atoms with Crippen molar-refractivity contribution < 1.29 is 24.3 Å². The number of hydrogen-bond donors (Lipinski definition) is 2. The predicted octanol–water partition coefficient (Wildman–Crippen LogP) is 1.02. The monoisotopic (exact) mass is 264 g/mol. The topological polar surface area (TPSA) is 76.0 Å². The number of ether oxygens (including phenoxy) is 1. The highest BCUT2D eigenvalue weighted by molar-refractivity contribution is 6.62. The van der Waals surface area contributed by atoms with Crippen LogP contribution in [0.1, 0.15) is 37.0 Å². The van der Waals surface area contributed by atoms with E-state index in [-0.39, 0.29) is 6.42 Å². The predicted molar refractivity (Wildman–Crippen MR) is 70.7 cm³/mol. The molecule has 1 aliphatic heterocycles. The molecule has 19 heavy (non-hydrogen) atoms. The van der Waals surface area contributed by atoms with Crippen molar-refractivity contribution >= 4 is 18.6 Å². The Bertz CT molecular complexity index is 488. The van der Waals surface area contributed by atoms with Crippen LogP contribution in [0, 0.1) is 6.92 Å². The van der Waals surface area contributed by atoms with Gasteiger partial charge in [-0.15, -0.1) is 0 Å². The average Bonchev–Trinajstić information content (AvgIpc) is 2.63. The van der Waals surface area contributed by atoms with Crippen molar-refractivity contribution in [3.05, 3.63) is 23.3 Å². The van der Waals surface area contributed by atoms with Gasteiger partial charge in [-0.2, -0.15) is 0 Å². The summed E-state index contributed by atoms with van der Waals surface area (Å²) in [6, 6.07) is 3.58. The van der Waals surface area contributed by atoms with E-state index in [2.05, 4.69) is 0 Å². The molecule has 2 N–H and O–H groups in total. The third-order valence-electron chi connectivity index (χ3n) is 3.11. The Hall–Kier alpha value is -1.53. The summed E-state index contributed by atoms with van der Waals surface area (Å²) < 4.78 is 10.8. The molecule has 1 aliphatic rings. The Morgan fingerprint density at radius 3 is 2.89 bits per heavy atom. The fourth-order valence-corrected chi connectivity index (χ4v) is 2.34. The van der Waals surface area contributed by atoms with Gasteiger partial charge in [0.2, 0.25) is 0 Å². The van der Waals surface area contributed by atoms with Gasteiger partial charge in [0.15, 0.2) is 0 Å². The summed E-state index contributed by atoms with van der Waals surface area (Å²) in [4.78, 5) is 10.8. The van der Waals surface area contributed by atoms with Gasteiger partial charge in [0, 0.05) is 0 Å². The summed E-state index contributed by atoms with van der Waals surface area (Å²) in [6.07, 6.45) is 0.152. The highest BCUT2D eigenvalue weighted by atomic mass is 16.5. The second-order valence-corrected chi connectivity index (χ2v) is 4.67. The van der Waals surface area contributed by atoms with E-state index in [0.717, 1.165) is 17.5 Å². The number of carbonyl (C=O) groups is 1. The number of aryl methyl sites for hydroxylation is 1. The SMILES string of the molecule is CCCOc1cc(C)c2c(c1)B(O)OC2CC(=O)O. The molecule has 5 nitrogen and oxygen atoms in total. The lowest BCUT2D eigenvalue weighted by Crippen LogP contribution is -2.28. The van der Waals surface area contributed by atoms with Crippen LogP contribution in [-0.2, 0) is 9.45 Å². The first-order chi connectivity index (χ1) is 9.02. The number of benzene rings is 1. The Kier molecular flexibility index (Phi) is 4.12. The molecular weight excluding hydrogens is 247 g/mol. The highest BCUT2D eigenvalue weighted by Crippen LogP contribution is 2.31. The van der Waals surface area contributed by atoms with Gasteiger partial charge < -0.3 is 19.5 Å². The Labute approximate surface area is 112 Å². The summed E-state index contributed by atoms with van der Waals surface area (Å²) in [5, 5.41) is 18.7. The van der Waals surface area contributed by atoms with E-state index in [9.17, 15) is 9.82 Å². The molecule has 0 aromatic heterocycles. The molecule has 0 radical (unpaired) electrons. The normalized spacial score (nSPS) is 17.4. The molecule has 0 aliphatic carbocycles. The summed E-state index contributed by atoms with van der Waals surface area (Å²) >= 11 is 0. The fourth-order valence-electron chi connectivity index (χ4n) is 2.34. The van der Waals surface area contributed by atoms with Crippen LogP contribution < -0.4 is 10.2 Å². The molecule has 0 saturated carbocycles. The minimum atomic E-state index is -1.08. The van der Waals surface area contributed by atoms with Crippen molar-refractivity contribution in [2.75, 3.05) is 6.61 Å². The van der Waals surface area contributed by atoms with E-state index in [1.54, 1.807) is 6.07 Å². The van der Waals surface area contributed by atoms with Crippen LogP contribution >= 0.6 is 0 Å². The van der Waals surface area contributed by atoms with Crippen LogP contribution in [0.15, 0.2) is 12.1 Å². The summed E-state index contributed by atoms with van der Waals surface area (Å²) in [5.41, 5.74) is 2.25. The number of rotatable bonds is 5. The van der Waals surface area contributed by atoms with Crippen molar-refractivity contribution in [2.24, 2.45) is 0 Å². The Morgan fingerprint density at radius 1 is 1.53 bits per heavy atom. The van der Waals surface area contributed by atoms with Crippen molar-refractivity contribution in [3.8, 4) is 5.75 Å². The van der Waals surface area contributed by atoms with Crippen LogP contribution in [0.2, 0.25) is 0 Å². The molecule has 2 rings (SSSR count). The maximum absolute atomic E-state index is 10.8. The molecule has 1 atom stereocenters. The molecule has 1 unspecified atom stereocenters. The van der Waals surface area contributed by atoms with E-state index in [4.69, 9.17) is 14.5 Å². The molecule has 0 bridgehead atoms. The lowest BCUT2D eigenvalue weighted by atomic mass is 9.77. The first-order valence-electron chi connectivity index (χ1n) is 6.35. The number of fused-ring (bicyclic) bond motifs is 1. The molecule has 0 saturated heterocycles. The van der Waals surface area contributed by atoms with Gasteiger partial charge in [0.25, 0.3) is 0 Å². The Balaban J connectivity index is 2.31. The van der Waals surface area contributed by atoms with Crippen LogP contribution in [0.3, 0.4) is 0 Å². The van der Waals surface area contributed by atoms with Crippen molar-refractivity contribution in [2.45, 2.75) is 32.8 Å². The molecule has 1 aromatic carbocycles. The second kappa shape index (κ2) is 5.63. The lowest BCUT2D eigenvalue weighted by molar-refractivity contribution is -0.138. The third kappa shape index (κ3) is 2.90. The van der Waals surface area contributed by atoms with Gasteiger partial charge in [0.05, 0.1) is 19.1 Å². The zero-order valence-electron chi connectivity index (χ0n) is 11.0. The minimum Gasteiger partial charge on any atom is -0.494 e. The quantitative estimate of drug-likeness (QED) is 0.776. The Morgan fingerprint density at radius 2 is 2.26 bits per heavy atom. The second-order valence-electron chi connectivity index (χ2n) is 4.67. The van der Waals surface area contributed by atoms with E-state index in [1.807, 2.05) is 19.9 Å². The van der Waals surface area contributed by atoms with Crippen molar-refractivity contribution in [1.29, 1.82) is 0 Å². The molecule has 0 fully saturated rings. The third-order valence-corrected chi connectivity index (χ3v) is 3.11. The summed E-state index contributed by atoms with van der Waals surface area (Å²) in [6.45, 7) is 4.49. The van der Waals surface area contributed by atoms with Crippen LogP contribution in [-0.4, -0.2) is 29.8 Å². The summed E-state index contributed by atoms with van der Waals surface area (Å²) in [5.74, 6) is -0.271. The summed E-state index contributed by atoms with van der Waals surface area (Å²) in [7, 11) is -1.08. The maximum Gasteiger partial charge on any atom is 0.492 e. The highest BCUT2D eigenvalue weighted by Gasteiger charge is 2.37. The van der Waals surface area contributed by atoms with E-state index in [1.165, 1.54) is 0 Å².